The number of aliphatic imine (C=N–C) groups is 1. The number of nitrogens with zero attached hydrogens (tertiary/aromatic N) is 1. The van der Waals surface area contributed by atoms with Crippen molar-refractivity contribution < 1.29 is 9.18 Å². The molecule has 1 aliphatic carbocycles. The van der Waals surface area contributed by atoms with Crippen molar-refractivity contribution in [3.8, 4) is 0 Å². The van der Waals surface area contributed by atoms with Gasteiger partial charge in [0.15, 0.2) is 5.96 Å². The van der Waals surface area contributed by atoms with Crippen LogP contribution < -0.4 is 16.0 Å². The Morgan fingerprint density at radius 2 is 2.12 bits per heavy atom. The number of halogens is 1. The van der Waals surface area contributed by atoms with Gasteiger partial charge in [0.05, 0.1) is 6.54 Å². The largest absolute Gasteiger partial charge is 0.357 e. The Morgan fingerprint density at radius 3 is 2.81 bits per heavy atom. The molecule has 1 fully saturated rings. The van der Waals surface area contributed by atoms with Crippen molar-refractivity contribution in [2.24, 2.45) is 4.99 Å². The Bertz CT molecular complexity index is 620. The molecule has 5 nitrogen and oxygen atoms in total. The highest BCUT2D eigenvalue weighted by Gasteiger charge is 2.22. The van der Waals surface area contributed by atoms with Gasteiger partial charge in [0, 0.05) is 31.3 Å². The number of amides is 1. The van der Waals surface area contributed by atoms with Crippen LogP contribution in [0.15, 0.2) is 23.2 Å². The van der Waals surface area contributed by atoms with Crippen molar-refractivity contribution in [2.75, 3.05) is 19.3 Å². The lowest BCUT2D eigenvalue weighted by molar-refractivity contribution is -0.121. The first kappa shape index (κ1) is 20.6. The van der Waals surface area contributed by atoms with Gasteiger partial charge in [-0.1, -0.05) is 6.07 Å². The summed E-state index contributed by atoms with van der Waals surface area (Å²) in [5.41, 5.74) is 2.01. The van der Waals surface area contributed by atoms with E-state index in [1.807, 2.05) is 13.2 Å². The zero-order valence-corrected chi connectivity index (χ0v) is 16.4. The highest BCUT2D eigenvalue weighted by molar-refractivity contribution is 7.97. The predicted molar refractivity (Wildman–Crippen MR) is 107 cm³/mol. The number of carbonyl (C=O) groups excluding carboxylic acids is 1. The Balaban J connectivity index is 1.82. The highest BCUT2D eigenvalue weighted by Crippen LogP contribution is 2.19. The van der Waals surface area contributed by atoms with E-state index in [1.165, 1.54) is 6.07 Å². The van der Waals surface area contributed by atoms with E-state index in [-0.39, 0.29) is 11.7 Å². The van der Waals surface area contributed by atoms with Crippen molar-refractivity contribution in [1.29, 1.82) is 0 Å². The van der Waals surface area contributed by atoms with E-state index >= 15 is 0 Å². The normalized spacial score (nSPS) is 14.2. The van der Waals surface area contributed by atoms with Gasteiger partial charge >= 0.3 is 0 Å². The molecule has 26 heavy (non-hydrogen) atoms. The van der Waals surface area contributed by atoms with Crippen molar-refractivity contribution in [1.82, 2.24) is 16.0 Å². The number of hydrogen-bond donors (Lipinski definition) is 3. The number of carbonyl (C=O) groups is 1. The van der Waals surface area contributed by atoms with E-state index in [0.29, 0.717) is 25.6 Å². The molecule has 0 saturated heterocycles. The molecule has 1 saturated carbocycles. The lowest BCUT2D eigenvalue weighted by atomic mass is 10.1. The fourth-order valence-corrected chi connectivity index (χ4v) is 3.11. The molecule has 3 N–H and O–H groups in total. The van der Waals surface area contributed by atoms with Crippen molar-refractivity contribution >= 4 is 23.6 Å². The third kappa shape index (κ3) is 7.64. The summed E-state index contributed by atoms with van der Waals surface area (Å²) in [6.45, 7) is 3.95. The minimum absolute atomic E-state index is 0.129. The van der Waals surface area contributed by atoms with Gasteiger partial charge in [0.2, 0.25) is 5.91 Å². The van der Waals surface area contributed by atoms with E-state index < -0.39 is 0 Å². The maximum atomic E-state index is 13.4. The zero-order valence-electron chi connectivity index (χ0n) is 15.6. The molecular formula is C19H29FN4OS. The summed E-state index contributed by atoms with van der Waals surface area (Å²) in [7, 11) is 0. The molecule has 0 heterocycles. The molecule has 144 valence electrons. The minimum Gasteiger partial charge on any atom is -0.357 e. The van der Waals surface area contributed by atoms with Crippen LogP contribution in [0, 0.1) is 5.82 Å². The van der Waals surface area contributed by atoms with E-state index in [2.05, 4.69) is 20.9 Å². The molecule has 0 aromatic heterocycles. The Kier molecular flexibility index (Phi) is 8.74. The molecule has 1 aromatic rings. The SMILES string of the molecule is CCNC(=NCc1ccc(F)cc1CSC)NCCCC(=O)NC1CC1. The summed E-state index contributed by atoms with van der Waals surface area (Å²) in [5.74, 6) is 1.40. The van der Waals surface area contributed by atoms with Crippen molar-refractivity contribution in [2.45, 2.75) is 50.9 Å². The third-order valence-electron chi connectivity index (χ3n) is 4.04. The maximum Gasteiger partial charge on any atom is 0.220 e. The van der Waals surface area contributed by atoms with Crippen LogP contribution in [0.3, 0.4) is 0 Å². The van der Waals surface area contributed by atoms with E-state index in [4.69, 9.17) is 0 Å². The summed E-state index contributed by atoms with van der Waals surface area (Å²) in [4.78, 5) is 16.3. The van der Waals surface area contributed by atoms with Gasteiger partial charge in [-0.3, -0.25) is 4.79 Å². The summed E-state index contributed by atoms with van der Waals surface area (Å²) >= 11 is 1.67. The average Bonchev–Trinajstić information content (AvgIpc) is 3.42. The lowest BCUT2D eigenvalue weighted by Gasteiger charge is -2.12. The molecule has 0 atom stereocenters. The minimum atomic E-state index is -0.212. The number of thioether (sulfide) groups is 1. The number of guanidine groups is 1. The molecule has 0 radical (unpaired) electrons. The average molecular weight is 381 g/mol. The van der Waals surface area contributed by atoms with Crippen LogP contribution in [0.4, 0.5) is 4.39 Å². The second-order valence-corrected chi connectivity index (χ2v) is 7.28. The van der Waals surface area contributed by atoms with Crippen molar-refractivity contribution in [3.63, 3.8) is 0 Å². The number of rotatable bonds is 10. The molecule has 2 rings (SSSR count). The van der Waals surface area contributed by atoms with Gasteiger partial charge in [-0.2, -0.15) is 11.8 Å². The second-order valence-electron chi connectivity index (χ2n) is 6.41. The van der Waals surface area contributed by atoms with Gasteiger partial charge in [0.25, 0.3) is 0 Å². The Hall–Kier alpha value is -1.76. The zero-order chi connectivity index (χ0) is 18.8. The van der Waals surface area contributed by atoms with E-state index in [9.17, 15) is 9.18 Å². The van der Waals surface area contributed by atoms with Crippen molar-refractivity contribution in [3.05, 3.63) is 35.1 Å². The van der Waals surface area contributed by atoms with Gasteiger partial charge in [0.1, 0.15) is 5.82 Å². The van der Waals surface area contributed by atoms with Gasteiger partial charge < -0.3 is 16.0 Å². The van der Waals surface area contributed by atoms with Crippen LogP contribution in [0.2, 0.25) is 0 Å². The lowest BCUT2D eigenvalue weighted by Crippen LogP contribution is -2.38. The van der Waals surface area contributed by atoms with Gasteiger partial charge in [-0.15, -0.1) is 0 Å². The van der Waals surface area contributed by atoms with Gasteiger partial charge in [-0.25, -0.2) is 9.38 Å². The first-order valence-electron chi connectivity index (χ1n) is 9.20. The van der Waals surface area contributed by atoms with Crippen LogP contribution in [0.1, 0.15) is 43.7 Å². The summed E-state index contributed by atoms with van der Waals surface area (Å²) < 4.78 is 13.4. The molecule has 0 bridgehead atoms. The smallest absolute Gasteiger partial charge is 0.220 e. The molecule has 0 unspecified atom stereocenters. The molecule has 7 heteroatoms. The molecule has 0 aliphatic heterocycles. The topological polar surface area (TPSA) is 65.5 Å². The second kappa shape index (κ2) is 11.1. The molecular weight excluding hydrogens is 351 g/mol. The molecule has 1 aromatic carbocycles. The first-order valence-corrected chi connectivity index (χ1v) is 10.6. The maximum absolute atomic E-state index is 13.4. The number of hydrogen-bond acceptors (Lipinski definition) is 3. The standard InChI is InChI=1S/C19H29FN4OS/c1-3-21-19(22-10-4-5-18(25)24-17-8-9-17)23-12-14-6-7-16(20)11-15(14)13-26-2/h6-7,11,17H,3-5,8-10,12-13H2,1-2H3,(H,24,25)(H2,21,22,23). The fourth-order valence-electron chi connectivity index (χ4n) is 2.53. The number of nitrogens with one attached hydrogen (secondary N) is 3. The van der Waals surface area contributed by atoms with Crippen LogP contribution in [0.25, 0.3) is 0 Å². The first-order chi connectivity index (χ1) is 12.6. The molecule has 1 amide bonds. The van der Waals surface area contributed by atoms with E-state index in [1.54, 1.807) is 23.9 Å². The van der Waals surface area contributed by atoms with Crippen LogP contribution in [-0.2, 0) is 17.1 Å². The molecule has 1 aliphatic rings. The highest BCUT2D eigenvalue weighted by atomic mass is 32.2. The monoisotopic (exact) mass is 380 g/mol. The Morgan fingerprint density at radius 1 is 1.31 bits per heavy atom. The summed E-state index contributed by atoms with van der Waals surface area (Å²) in [6, 6.07) is 5.28. The summed E-state index contributed by atoms with van der Waals surface area (Å²) in [6.07, 6.45) is 5.52. The van der Waals surface area contributed by atoms with Crippen LogP contribution >= 0.6 is 11.8 Å². The predicted octanol–water partition coefficient (Wildman–Crippen LogP) is 2.80. The van der Waals surface area contributed by atoms with Crippen LogP contribution in [-0.4, -0.2) is 37.3 Å². The summed E-state index contributed by atoms with van der Waals surface area (Å²) in [5, 5.41) is 9.45. The molecule has 0 spiro atoms. The van der Waals surface area contributed by atoms with E-state index in [0.717, 1.165) is 48.6 Å². The number of benzene rings is 1. The third-order valence-corrected chi connectivity index (χ3v) is 4.64. The van der Waals surface area contributed by atoms with Crippen LogP contribution in [0.5, 0.6) is 0 Å². The quantitative estimate of drug-likeness (QED) is 0.332. The fraction of sp³-hybridized carbons (Fsp3) is 0.579. The Labute approximate surface area is 159 Å². The van der Waals surface area contributed by atoms with Gasteiger partial charge in [-0.05, 0) is 55.7 Å².